The van der Waals surface area contributed by atoms with Gasteiger partial charge in [0.2, 0.25) is 10.0 Å². The summed E-state index contributed by atoms with van der Waals surface area (Å²) < 4.78 is 26.2. The second-order valence-electron chi connectivity index (χ2n) is 5.52. The zero-order valence-corrected chi connectivity index (χ0v) is 14.9. The normalized spacial score (nSPS) is 13.0. The Morgan fingerprint density at radius 3 is 2.17 bits per heavy atom. The number of carboxylic acids is 1. The van der Waals surface area contributed by atoms with Gasteiger partial charge < -0.3 is 5.11 Å². The fraction of sp³-hybridized carbons (Fsp3) is 0.235. The van der Waals surface area contributed by atoms with E-state index in [9.17, 15) is 18.3 Å². The summed E-state index contributed by atoms with van der Waals surface area (Å²) in [5.41, 5.74) is 1.80. The lowest BCUT2D eigenvalue weighted by Gasteiger charge is -2.24. The molecule has 128 valence electrons. The Bertz CT molecular complexity index is 817. The predicted molar refractivity (Wildman–Crippen MR) is 92.7 cm³/mol. The number of likely N-dealkylation sites (N-methyl/N-ethyl adjacent to an activating group) is 1. The Labute approximate surface area is 146 Å². The van der Waals surface area contributed by atoms with Crippen molar-refractivity contribution in [3.05, 3.63) is 64.7 Å². The van der Waals surface area contributed by atoms with Gasteiger partial charge in [-0.25, -0.2) is 8.42 Å². The van der Waals surface area contributed by atoms with Gasteiger partial charge in [0.15, 0.2) is 0 Å². The molecule has 0 saturated heterocycles. The Hall–Kier alpha value is -1.89. The number of aliphatic carboxylic acids is 1. The number of aryl methyl sites for hydroxylation is 1. The SMILES string of the molecule is Cc1ccc(CC(C(=O)O)N(C)S(=O)(=O)c2ccc(Cl)cc2)cc1. The van der Waals surface area contributed by atoms with E-state index in [0.717, 1.165) is 15.4 Å². The van der Waals surface area contributed by atoms with E-state index in [-0.39, 0.29) is 11.3 Å². The van der Waals surface area contributed by atoms with Crippen LogP contribution in [0, 0.1) is 6.92 Å². The minimum atomic E-state index is -3.93. The molecule has 0 aromatic heterocycles. The first kappa shape index (κ1) is 18.4. The van der Waals surface area contributed by atoms with Crippen LogP contribution in [0.5, 0.6) is 0 Å². The summed E-state index contributed by atoms with van der Waals surface area (Å²) in [6.07, 6.45) is 0.0823. The molecule has 2 aromatic rings. The number of rotatable bonds is 6. The van der Waals surface area contributed by atoms with Gasteiger partial charge in [-0.2, -0.15) is 4.31 Å². The molecule has 1 atom stereocenters. The smallest absolute Gasteiger partial charge is 0.322 e. The van der Waals surface area contributed by atoms with Crippen molar-refractivity contribution < 1.29 is 18.3 Å². The van der Waals surface area contributed by atoms with Gasteiger partial charge in [-0.15, -0.1) is 0 Å². The molecule has 0 aliphatic heterocycles. The Morgan fingerprint density at radius 1 is 1.12 bits per heavy atom. The second-order valence-corrected chi connectivity index (χ2v) is 7.95. The summed E-state index contributed by atoms with van der Waals surface area (Å²) in [6.45, 7) is 1.93. The molecular formula is C17H18ClNO4S. The standard InChI is InChI=1S/C17H18ClNO4S/c1-12-3-5-13(6-4-12)11-16(17(20)21)19(2)24(22,23)15-9-7-14(18)8-10-15/h3-10,16H,11H2,1-2H3,(H,20,21). The molecule has 0 aliphatic carbocycles. The van der Waals surface area contributed by atoms with Crippen LogP contribution in [-0.2, 0) is 21.2 Å². The van der Waals surface area contributed by atoms with E-state index in [0.29, 0.717) is 5.02 Å². The molecule has 0 heterocycles. The molecule has 0 bridgehead atoms. The predicted octanol–water partition coefficient (Wildman–Crippen LogP) is 2.96. The monoisotopic (exact) mass is 367 g/mol. The van der Waals surface area contributed by atoms with Gasteiger partial charge in [-0.1, -0.05) is 41.4 Å². The van der Waals surface area contributed by atoms with Gasteiger partial charge in [0, 0.05) is 12.1 Å². The van der Waals surface area contributed by atoms with Crippen molar-refractivity contribution in [3.63, 3.8) is 0 Å². The van der Waals surface area contributed by atoms with E-state index in [2.05, 4.69) is 0 Å². The zero-order valence-electron chi connectivity index (χ0n) is 13.3. The minimum absolute atomic E-state index is 0.00422. The highest BCUT2D eigenvalue weighted by Gasteiger charge is 2.32. The summed E-state index contributed by atoms with van der Waals surface area (Å²) in [5.74, 6) is -1.20. The van der Waals surface area contributed by atoms with Crippen LogP contribution in [-0.4, -0.2) is 36.9 Å². The van der Waals surface area contributed by atoms with E-state index >= 15 is 0 Å². The summed E-state index contributed by atoms with van der Waals surface area (Å²) in [4.78, 5) is 11.6. The number of nitrogens with zero attached hydrogens (tertiary/aromatic N) is 1. The average molecular weight is 368 g/mol. The van der Waals surface area contributed by atoms with E-state index in [1.165, 1.54) is 31.3 Å². The third-order valence-corrected chi connectivity index (χ3v) is 5.90. The highest BCUT2D eigenvalue weighted by molar-refractivity contribution is 7.89. The molecule has 0 spiro atoms. The van der Waals surface area contributed by atoms with Crippen molar-refractivity contribution in [1.82, 2.24) is 4.31 Å². The van der Waals surface area contributed by atoms with E-state index in [1.54, 1.807) is 12.1 Å². The van der Waals surface area contributed by atoms with Crippen molar-refractivity contribution in [3.8, 4) is 0 Å². The quantitative estimate of drug-likeness (QED) is 0.851. The van der Waals surface area contributed by atoms with Crippen LogP contribution < -0.4 is 0 Å². The summed E-state index contributed by atoms with van der Waals surface area (Å²) in [6, 6.07) is 11.8. The molecule has 7 heteroatoms. The van der Waals surface area contributed by atoms with Crippen LogP contribution >= 0.6 is 11.6 Å². The maximum Gasteiger partial charge on any atom is 0.322 e. The maximum absolute atomic E-state index is 12.7. The minimum Gasteiger partial charge on any atom is -0.480 e. The van der Waals surface area contributed by atoms with Crippen LogP contribution in [0.2, 0.25) is 5.02 Å². The lowest BCUT2D eigenvalue weighted by molar-refractivity contribution is -0.141. The van der Waals surface area contributed by atoms with Crippen LogP contribution in [0.3, 0.4) is 0 Å². The number of benzene rings is 2. The van der Waals surface area contributed by atoms with Crippen LogP contribution in [0.1, 0.15) is 11.1 Å². The van der Waals surface area contributed by atoms with Crippen molar-refractivity contribution in [2.45, 2.75) is 24.3 Å². The maximum atomic E-state index is 12.7. The van der Waals surface area contributed by atoms with Crippen molar-refractivity contribution in [1.29, 1.82) is 0 Å². The van der Waals surface area contributed by atoms with Gasteiger partial charge in [0.25, 0.3) is 0 Å². The first-order chi connectivity index (χ1) is 11.2. The van der Waals surface area contributed by atoms with Gasteiger partial charge in [-0.05, 0) is 43.2 Å². The molecule has 0 fully saturated rings. The number of carboxylic acid groups (broad SMARTS) is 1. The largest absolute Gasteiger partial charge is 0.480 e. The summed E-state index contributed by atoms with van der Waals surface area (Å²) in [5, 5.41) is 9.90. The average Bonchev–Trinajstić information content (AvgIpc) is 2.53. The molecule has 1 unspecified atom stereocenters. The van der Waals surface area contributed by atoms with Gasteiger partial charge >= 0.3 is 5.97 Å². The second kappa shape index (κ2) is 7.34. The third kappa shape index (κ3) is 4.14. The van der Waals surface area contributed by atoms with Crippen molar-refractivity contribution in [2.24, 2.45) is 0 Å². The number of sulfonamides is 1. The molecule has 2 rings (SSSR count). The Balaban J connectivity index is 2.31. The fourth-order valence-corrected chi connectivity index (χ4v) is 3.70. The number of hydrogen-bond donors (Lipinski definition) is 1. The lowest BCUT2D eigenvalue weighted by Crippen LogP contribution is -2.43. The van der Waals surface area contributed by atoms with Crippen molar-refractivity contribution >= 4 is 27.6 Å². The summed E-state index contributed by atoms with van der Waals surface area (Å²) in [7, 11) is -2.66. The molecule has 24 heavy (non-hydrogen) atoms. The lowest BCUT2D eigenvalue weighted by atomic mass is 10.0. The van der Waals surface area contributed by atoms with E-state index in [4.69, 9.17) is 11.6 Å². The molecule has 1 N–H and O–H groups in total. The first-order valence-electron chi connectivity index (χ1n) is 7.24. The molecule has 0 saturated carbocycles. The van der Waals surface area contributed by atoms with Gasteiger partial charge in [-0.3, -0.25) is 4.79 Å². The Morgan fingerprint density at radius 2 is 1.67 bits per heavy atom. The first-order valence-corrected chi connectivity index (χ1v) is 9.05. The topological polar surface area (TPSA) is 74.7 Å². The van der Waals surface area contributed by atoms with E-state index in [1.807, 2.05) is 19.1 Å². The molecule has 0 amide bonds. The summed E-state index contributed by atoms with van der Waals surface area (Å²) >= 11 is 5.77. The Kier molecular flexibility index (Phi) is 5.64. The molecule has 0 aliphatic rings. The van der Waals surface area contributed by atoms with Gasteiger partial charge in [0.1, 0.15) is 6.04 Å². The number of hydrogen-bond acceptors (Lipinski definition) is 3. The number of carbonyl (C=O) groups is 1. The molecule has 5 nitrogen and oxygen atoms in total. The molecule has 2 aromatic carbocycles. The number of halogens is 1. The van der Waals surface area contributed by atoms with Crippen molar-refractivity contribution in [2.75, 3.05) is 7.05 Å². The third-order valence-electron chi connectivity index (χ3n) is 3.76. The van der Waals surface area contributed by atoms with Gasteiger partial charge in [0.05, 0.1) is 4.90 Å². The van der Waals surface area contributed by atoms with Crippen LogP contribution in [0.4, 0.5) is 0 Å². The molecule has 0 radical (unpaired) electrons. The fourth-order valence-electron chi connectivity index (χ4n) is 2.26. The van der Waals surface area contributed by atoms with Crippen LogP contribution in [0.15, 0.2) is 53.4 Å². The highest BCUT2D eigenvalue weighted by Crippen LogP contribution is 2.21. The van der Waals surface area contributed by atoms with E-state index < -0.39 is 22.0 Å². The molecular weight excluding hydrogens is 350 g/mol. The van der Waals surface area contributed by atoms with Crippen LogP contribution in [0.25, 0.3) is 0 Å². The highest BCUT2D eigenvalue weighted by atomic mass is 35.5. The zero-order chi connectivity index (χ0) is 17.9.